The molecule has 76 valence electrons. The Balaban J connectivity index is 2.41. The smallest absolute Gasteiger partial charge is 0.221 e. The van der Waals surface area contributed by atoms with Crippen molar-refractivity contribution in [3.63, 3.8) is 0 Å². The van der Waals surface area contributed by atoms with Gasteiger partial charge in [-0.1, -0.05) is 6.92 Å². The van der Waals surface area contributed by atoms with Gasteiger partial charge in [0, 0.05) is 19.5 Å². The predicted octanol–water partition coefficient (Wildman–Crippen LogP) is 1.04. The van der Waals surface area contributed by atoms with Crippen LogP contribution in [0.3, 0.4) is 0 Å². The zero-order valence-corrected chi connectivity index (χ0v) is 8.63. The van der Waals surface area contributed by atoms with Crippen LogP contribution in [-0.4, -0.2) is 16.6 Å². The first-order valence-electron chi connectivity index (χ1n) is 5.07. The van der Waals surface area contributed by atoms with Crippen LogP contribution in [0.1, 0.15) is 30.9 Å². The van der Waals surface area contributed by atoms with Crippen molar-refractivity contribution >= 4 is 0 Å². The first-order chi connectivity index (χ1) is 6.85. The molecule has 0 saturated carbocycles. The van der Waals surface area contributed by atoms with Gasteiger partial charge in [0.25, 0.3) is 0 Å². The van der Waals surface area contributed by atoms with E-state index in [0.717, 1.165) is 42.5 Å². The van der Waals surface area contributed by atoms with Crippen molar-refractivity contribution in [1.29, 1.82) is 0 Å². The van der Waals surface area contributed by atoms with Gasteiger partial charge in [0.05, 0.1) is 17.9 Å². The topological polar surface area (TPSA) is 47.0 Å². The van der Waals surface area contributed by atoms with E-state index in [9.17, 15) is 0 Å². The summed E-state index contributed by atoms with van der Waals surface area (Å²) in [5.41, 5.74) is 2.23. The van der Waals surface area contributed by atoms with Gasteiger partial charge in [-0.05, 0) is 6.92 Å². The van der Waals surface area contributed by atoms with Crippen LogP contribution in [-0.2, 0) is 19.5 Å². The van der Waals surface area contributed by atoms with Crippen LogP contribution in [0.4, 0.5) is 0 Å². The van der Waals surface area contributed by atoms with Gasteiger partial charge in [0.2, 0.25) is 5.88 Å². The van der Waals surface area contributed by atoms with Crippen molar-refractivity contribution in [2.75, 3.05) is 6.61 Å². The number of hydrogen-bond acceptors (Lipinski definition) is 4. The highest BCUT2D eigenvalue weighted by Gasteiger charge is 2.19. The summed E-state index contributed by atoms with van der Waals surface area (Å²) in [6.45, 7) is 6.36. The molecule has 2 heterocycles. The molecule has 4 heteroatoms. The third kappa shape index (κ3) is 1.57. The van der Waals surface area contributed by atoms with Gasteiger partial charge in [-0.25, -0.2) is 4.98 Å². The molecular formula is C10H15N3O. The van der Waals surface area contributed by atoms with Crippen molar-refractivity contribution in [2.45, 2.75) is 33.4 Å². The maximum atomic E-state index is 5.50. The van der Waals surface area contributed by atoms with Gasteiger partial charge in [0.1, 0.15) is 5.82 Å². The Hall–Kier alpha value is -1.16. The Morgan fingerprint density at radius 2 is 2.14 bits per heavy atom. The fourth-order valence-electron chi connectivity index (χ4n) is 1.60. The monoisotopic (exact) mass is 193 g/mol. The summed E-state index contributed by atoms with van der Waals surface area (Å²) in [5, 5.41) is 3.26. The van der Waals surface area contributed by atoms with Crippen LogP contribution in [0.2, 0.25) is 0 Å². The summed E-state index contributed by atoms with van der Waals surface area (Å²) in [6, 6.07) is 0. The summed E-state index contributed by atoms with van der Waals surface area (Å²) in [5.74, 6) is 1.63. The quantitative estimate of drug-likeness (QED) is 0.779. The SMILES string of the molecule is CCOc1nc(CC)nc2c1CNC2. The minimum atomic E-state index is 0.659. The Kier molecular flexibility index (Phi) is 2.63. The lowest BCUT2D eigenvalue weighted by atomic mass is 10.2. The number of fused-ring (bicyclic) bond motifs is 1. The summed E-state index contributed by atoms with van der Waals surface area (Å²) >= 11 is 0. The zero-order valence-electron chi connectivity index (χ0n) is 8.63. The molecule has 0 bridgehead atoms. The number of rotatable bonds is 3. The second-order valence-corrected chi connectivity index (χ2v) is 3.26. The fraction of sp³-hybridized carbons (Fsp3) is 0.600. The summed E-state index contributed by atoms with van der Waals surface area (Å²) < 4.78 is 5.50. The van der Waals surface area contributed by atoms with E-state index >= 15 is 0 Å². The largest absolute Gasteiger partial charge is 0.478 e. The average Bonchev–Trinajstić information content (AvgIpc) is 2.66. The molecule has 0 radical (unpaired) electrons. The number of aromatic nitrogens is 2. The number of hydrogen-bond donors (Lipinski definition) is 1. The Labute approximate surface area is 83.7 Å². The standard InChI is InChI=1S/C10H15N3O/c1-3-9-12-8-6-11-5-7(8)10(13-9)14-4-2/h11H,3-6H2,1-2H3. The van der Waals surface area contributed by atoms with Gasteiger partial charge in [-0.15, -0.1) is 0 Å². The van der Waals surface area contributed by atoms with Crippen molar-refractivity contribution in [3.8, 4) is 5.88 Å². The Bertz CT molecular complexity index is 338. The first kappa shape index (κ1) is 9.40. The van der Waals surface area contributed by atoms with Crippen molar-refractivity contribution < 1.29 is 4.74 Å². The summed E-state index contributed by atoms with van der Waals surface area (Å²) in [4.78, 5) is 8.84. The molecule has 4 nitrogen and oxygen atoms in total. The normalized spacial score (nSPS) is 14.1. The molecule has 1 aromatic rings. The van der Waals surface area contributed by atoms with Crippen molar-refractivity contribution in [2.24, 2.45) is 0 Å². The highest BCUT2D eigenvalue weighted by atomic mass is 16.5. The lowest BCUT2D eigenvalue weighted by molar-refractivity contribution is 0.321. The maximum absolute atomic E-state index is 5.50. The van der Waals surface area contributed by atoms with Crippen LogP contribution in [0.5, 0.6) is 5.88 Å². The van der Waals surface area contributed by atoms with Crippen LogP contribution >= 0.6 is 0 Å². The van der Waals surface area contributed by atoms with E-state index in [-0.39, 0.29) is 0 Å². The Morgan fingerprint density at radius 3 is 2.86 bits per heavy atom. The van der Waals surface area contributed by atoms with Gasteiger partial charge >= 0.3 is 0 Å². The molecule has 1 aliphatic heterocycles. The maximum Gasteiger partial charge on any atom is 0.221 e. The van der Waals surface area contributed by atoms with E-state index in [1.807, 2.05) is 6.92 Å². The van der Waals surface area contributed by atoms with Gasteiger partial charge in [-0.2, -0.15) is 4.98 Å². The molecule has 0 fully saturated rings. The number of nitrogens with one attached hydrogen (secondary N) is 1. The molecule has 0 aliphatic carbocycles. The third-order valence-corrected chi connectivity index (χ3v) is 2.29. The zero-order chi connectivity index (χ0) is 9.97. The highest BCUT2D eigenvalue weighted by molar-refractivity contribution is 5.33. The average molecular weight is 193 g/mol. The molecule has 0 atom stereocenters. The summed E-state index contributed by atoms with van der Waals surface area (Å²) in [7, 11) is 0. The molecular weight excluding hydrogens is 178 g/mol. The lowest BCUT2D eigenvalue weighted by Crippen LogP contribution is -2.05. The van der Waals surface area contributed by atoms with Crippen LogP contribution in [0.25, 0.3) is 0 Å². The third-order valence-electron chi connectivity index (χ3n) is 2.29. The highest BCUT2D eigenvalue weighted by Crippen LogP contribution is 2.23. The van der Waals surface area contributed by atoms with E-state index in [1.165, 1.54) is 0 Å². The molecule has 0 amide bonds. The van der Waals surface area contributed by atoms with Crippen molar-refractivity contribution in [1.82, 2.24) is 15.3 Å². The number of nitrogens with zero attached hydrogens (tertiary/aromatic N) is 2. The second-order valence-electron chi connectivity index (χ2n) is 3.26. The first-order valence-corrected chi connectivity index (χ1v) is 5.07. The van der Waals surface area contributed by atoms with Gasteiger partial charge in [0.15, 0.2) is 0 Å². The predicted molar refractivity (Wildman–Crippen MR) is 53.1 cm³/mol. The van der Waals surface area contributed by atoms with E-state index in [1.54, 1.807) is 0 Å². The lowest BCUT2D eigenvalue weighted by Gasteiger charge is -2.08. The molecule has 0 spiro atoms. The molecule has 0 aromatic carbocycles. The van der Waals surface area contributed by atoms with Crippen LogP contribution in [0.15, 0.2) is 0 Å². The molecule has 1 aliphatic rings. The molecule has 0 unspecified atom stereocenters. The number of ether oxygens (including phenoxy) is 1. The van der Waals surface area contributed by atoms with Gasteiger partial charge < -0.3 is 10.1 Å². The minimum absolute atomic E-state index is 0.659. The fourth-order valence-corrected chi connectivity index (χ4v) is 1.60. The molecule has 2 rings (SSSR count). The minimum Gasteiger partial charge on any atom is -0.478 e. The van der Waals surface area contributed by atoms with Crippen molar-refractivity contribution in [3.05, 3.63) is 17.1 Å². The van der Waals surface area contributed by atoms with E-state index in [4.69, 9.17) is 4.74 Å². The molecule has 0 saturated heterocycles. The van der Waals surface area contributed by atoms with Crippen LogP contribution in [0, 0.1) is 0 Å². The van der Waals surface area contributed by atoms with E-state index in [0.29, 0.717) is 6.61 Å². The van der Waals surface area contributed by atoms with Crippen LogP contribution < -0.4 is 10.1 Å². The molecule has 1 N–H and O–H groups in total. The van der Waals surface area contributed by atoms with E-state index in [2.05, 4.69) is 22.2 Å². The summed E-state index contributed by atoms with van der Waals surface area (Å²) in [6.07, 6.45) is 0.855. The molecule has 1 aromatic heterocycles. The Morgan fingerprint density at radius 1 is 1.29 bits per heavy atom. The van der Waals surface area contributed by atoms with E-state index < -0.39 is 0 Å². The second kappa shape index (κ2) is 3.92. The van der Waals surface area contributed by atoms with Gasteiger partial charge in [-0.3, -0.25) is 0 Å². The number of aryl methyl sites for hydroxylation is 1. The molecule has 14 heavy (non-hydrogen) atoms.